The number of hydrogen-bond acceptors (Lipinski definition) is 4. The molecular formula is C11H11BrFN3S. The van der Waals surface area contributed by atoms with E-state index in [1.54, 1.807) is 12.1 Å². The van der Waals surface area contributed by atoms with E-state index in [-0.39, 0.29) is 11.9 Å². The molecule has 6 heteroatoms. The molecule has 1 N–H and O–H groups in total. The molecule has 17 heavy (non-hydrogen) atoms. The van der Waals surface area contributed by atoms with Crippen LogP contribution in [0.5, 0.6) is 0 Å². The van der Waals surface area contributed by atoms with Gasteiger partial charge in [0.15, 0.2) is 0 Å². The van der Waals surface area contributed by atoms with E-state index < -0.39 is 0 Å². The van der Waals surface area contributed by atoms with Crippen molar-refractivity contribution in [2.75, 3.05) is 7.05 Å². The largest absolute Gasteiger partial charge is 0.311 e. The van der Waals surface area contributed by atoms with Crippen LogP contribution in [0.4, 0.5) is 4.39 Å². The van der Waals surface area contributed by atoms with Gasteiger partial charge in [-0.3, -0.25) is 0 Å². The van der Waals surface area contributed by atoms with E-state index in [4.69, 9.17) is 0 Å². The van der Waals surface area contributed by atoms with Gasteiger partial charge in [-0.1, -0.05) is 20.4 Å². The van der Waals surface area contributed by atoms with Crippen LogP contribution >= 0.6 is 27.5 Å². The Kier molecular flexibility index (Phi) is 4.20. The van der Waals surface area contributed by atoms with Gasteiger partial charge in [-0.15, -0.1) is 5.10 Å². The number of benzene rings is 1. The van der Waals surface area contributed by atoms with Crippen LogP contribution in [0.15, 0.2) is 28.1 Å². The van der Waals surface area contributed by atoms with Crippen molar-refractivity contribution in [3.63, 3.8) is 0 Å². The number of nitrogens with one attached hydrogen (secondary N) is 1. The summed E-state index contributed by atoms with van der Waals surface area (Å²) in [4.78, 5) is 0. The molecule has 1 heterocycles. The molecule has 0 aliphatic heterocycles. The van der Waals surface area contributed by atoms with Crippen LogP contribution in [-0.2, 0) is 6.42 Å². The standard InChI is InChI=1S/C11H11BrFN3S/c1-14-10(11-6-17-16-15-11)5-7-4-8(12)2-3-9(7)13/h2-4,6,10,14H,5H2,1H3. The first-order valence-corrected chi connectivity index (χ1v) is 6.72. The maximum Gasteiger partial charge on any atom is 0.126 e. The lowest BCUT2D eigenvalue weighted by Crippen LogP contribution is -2.19. The normalized spacial score (nSPS) is 12.6. The molecule has 1 aromatic heterocycles. The van der Waals surface area contributed by atoms with Gasteiger partial charge in [0.05, 0.1) is 11.7 Å². The predicted molar refractivity (Wildman–Crippen MR) is 69.5 cm³/mol. The predicted octanol–water partition coefficient (Wildman–Crippen LogP) is 2.94. The molecule has 2 aromatic rings. The lowest BCUT2D eigenvalue weighted by atomic mass is 10.0. The summed E-state index contributed by atoms with van der Waals surface area (Å²) in [5.41, 5.74) is 1.50. The van der Waals surface area contributed by atoms with E-state index in [1.165, 1.54) is 17.6 Å². The molecule has 3 nitrogen and oxygen atoms in total. The van der Waals surface area contributed by atoms with Crippen molar-refractivity contribution in [2.24, 2.45) is 0 Å². The molecule has 2 rings (SSSR count). The Hall–Kier alpha value is -0.850. The maximum atomic E-state index is 13.6. The van der Waals surface area contributed by atoms with Crippen LogP contribution in [-0.4, -0.2) is 16.6 Å². The molecule has 0 fully saturated rings. The first-order valence-electron chi connectivity index (χ1n) is 5.09. The summed E-state index contributed by atoms with van der Waals surface area (Å²) in [6.07, 6.45) is 0.549. The third-order valence-corrected chi connectivity index (χ3v) is 3.53. The van der Waals surface area contributed by atoms with Crippen LogP contribution in [0.3, 0.4) is 0 Å². The average molecular weight is 316 g/mol. The zero-order chi connectivity index (χ0) is 12.3. The number of halogens is 2. The fourth-order valence-corrected chi connectivity index (χ4v) is 2.51. The van der Waals surface area contributed by atoms with Gasteiger partial charge < -0.3 is 5.32 Å². The van der Waals surface area contributed by atoms with E-state index in [0.29, 0.717) is 12.0 Å². The van der Waals surface area contributed by atoms with Crippen molar-refractivity contribution in [3.05, 3.63) is 45.1 Å². The molecule has 0 radical (unpaired) electrons. The SMILES string of the molecule is CNC(Cc1cc(Br)ccc1F)c1csnn1. The molecule has 1 atom stereocenters. The minimum Gasteiger partial charge on any atom is -0.311 e. The van der Waals surface area contributed by atoms with Gasteiger partial charge in [0, 0.05) is 9.85 Å². The molecule has 1 aromatic carbocycles. The van der Waals surface area contributed by atoms with Gasteiger partial charge in [-0.05, 0) is 48.8 Å². The monoisotopic (exact) mass is 315 g/mol. The Morgan fingerprint density at radius 2 is 2.35 bits per heavy atom. The summed E-state index contributed by atoms with van der Waals surface area (Å²) in [7, 11) is 1.83. The Labute approximate surface area is 111 Å². The fraction of sp³-hybridized carbons (Fsp3) is 0.273. The highest BCUT2D eigenvalue weighted by molar-refractivity contribution is 9.10. The molecule has 0 bridgehead atoms. The summed E-state index contributed by atoms with van der Waals surface area (Å²) in [5, 5.41) is 9.00. The van der Waals surface area contributed by atoms with E-state index in [9.17, 15) is 4.39 Å². The number of likely N-dealkylation sites (N-methyl/N-ethyl adjacent to an activating group) is 1. The molecule has 0 aliphatic rings. The Morgan fingerprint density at radius 1 is 1.53 bits per heavy atom. The van der Waals surface area contributed by atoms with Crippen molar-refractivity contribution >= 4 is 27.5 Å². The molecule has 0 amide bonds. The second-order valence-electron chi connectivity index (χ2n) is 3.61. The van der Waals surface area contributed by atoms with Crippen molar-refractivity contribution in [3.8, 4) is 0 Å². The van der Waals surface area contributed by atoms with E-state index in [2.05, 4.69) is 30.8 Å². The highest BCUT2D eigenvalue weighted by Gasteiger charge is 2.15. The molecule has 0 spiro atoms. The number of rotatable bonds is 4. The summed E-state index contributed by atoms with van der Waals surface area (Å²) in [6.45, 7) is 0. The maximum absolute atomic E-state index is 13.6. The zero-order valence-electron chi connectivity index (χ0n) is 9.15. The van der Waals surface area contributed by atoms with Gasteiger partial charge in [-0.25, -0.2) is 4.39 Å². The van der Waals surface area contributed by atoms with Crippen molar-refractivity contribution in [1.29, 1.82) is 0 Å². The van der Waals surface area contributed by atoms with Crippen LogP contribution in [0.25, 0.3) is 0 Å². The first-order chi connectivity index (χ1) is 8.20. The Morgan fingerprint density at radius 3 is 3.00 bits per heavy atom. The van der Waals surface area contributed by atoms with Crippen LogP contribution < -0.4 is 5.32 Å². The van der Waals surface area contributed by atoms with Crippen LogP contribution in [0.1, 0.15) is 17.3 Å². The van der Waals surface area contributed by atoms with Gasteiger partial charge >= 0.3 is 0 Å². The minimum absolute atomic E-state index is 0.0162. The molecule has 90 valence electrons. The molecule has 0 saturated carbocycles. The highest BCUT2D eigenvalue weighted by atomic mass is 79.9. The topological polar surface area (TPSA) is 37.8 Å². The smallest absolute Gasteiger partial charge is 0.126 e. The summed E-state index contributed by atoms with van der Waals surface area (Å²) < 4.78 is 18.3. The van der Waals surface area contributed by atoms with E-state index >= 15 is 0 Å². The Balaban J connectivity index is 2.21. The zero-order valence-corrected chi connectivity index (χ0v) is 11.6. The number of nitrogens with zero attached hydrogens (tertiary/aromatic N) is 2. The van der Waals surface area contributed by atoms with Crippen LogP contribution in [0, 0.1) is 5.82 Å². The van der Waals surface area contributed by atoms with Crippen molar-refractivity contribution in [1.82, 2.24) is 14.9 Å². The van der Waals surface area contributed by atoms with Gasteiger partial charge in [0.25, 0.3) is 0 Å². The highest BCUT2D eigenvalue weighted by Crippen LogP contribution is 2.22. The average Bonchev–Trinajstić information content (AvgIpc) is 2.84. The van der Waals surface area contributed by atoms with Crippen molar-refractivity contribution in [2.45, 2.75) is 12.5 Å². The molecule has 1 unspecified atom stereocenters. The third-order valence-electron chi connectivity index (χ3n) is 2.51. The molecule has 0 saturated heterocycles. The second kappa shape index (κ2) is 5.66. The van der Waals surface area contributed by atoms with Gasteiger partial charge in [0.2, 0.25) is 0 Å². The summed E-state index contributed by atoms with van der Waals surface area (Å²) >= 11 is 4.64. The summed E-state index contributed by atoms with van der Waals surface area (Å²) in [5.74, 6) is -0.198. The van der Waals surface area contributed by atoms with Gasteiger partial charge in [-0.2, -0.15) is 0 Å². The van der Waals surface area contributed by atoms with E-state index in [0.717, 1.165) is 10.2 Å². The van der Waals surface area contributed by atoms with E-state index in [1.807, 2.05) is 12.4 Å². The lowest BCUT2D eigenvalue weighted by Gasteiger charge is -2.14. The fourth-order valence-electron chi connectivity index (χ4n) is 1.60. The Bertz CT molecular complexity index is 489. The van der Waals surface area contributed by atoms with Crippen molar-refractivity contribution < 1.29 is 4.39 Å². The number of aromatic nitrogens is 2. The molecular weight excluding hydrogens is 305 g/mol. The van der Waals surface area contributed by atoms with Gasteiger partial charge in [0.1, 0.15) is 5.82 Å². The minimum atomic E-state index is -0.198. The van der Waals surface area contributed by atoms with Crippen LogP contribution in [0.2, 0.25) is 0 Å². The second-order valence-corrected chi connectivity index (χ2v) is 5.14. The quantitative estimate of drug-likeness (QED) is 0.942. The first kappa shape index (κ1) is 12.6. The third kappa shape index (κ3) is 3.08. The lowest BCUT2D eigenvalue weighted by molar-refractivity contribution is 0.543. The summed E-state index contributed by atoms with van der Waals surface area (Å²) in [6, 6.07) is 4.93. The molecule has 0 aliphatic carbocycles. The number of hydrogen-bond donors (Lipinski definition) is 1.